The van der Waals surface area contributed by atoms with Gasteiger partial charge in [0.25, 0.3) is 0 Å². The Balaban J connectivity index is 1.64. The molecule has 4 rings (SSSR count). The maximum atomic E-state index is 12.8. The lowest BCUT2D eigenvalue weighted by molar-refractivity contribution is 0.267. The predicted molar refractivity (Wildman–Crippen MR) is 140 cm³/mol. The minimum atomic E-state index is -3.51. The monoisotopic (exact) mass is 515 g/mol. The van der Waals surface area contributed by atoms with Gasteiger partial charge in [-0.2, -0.15) is 4.98 Å². The van der Waals surface area contributed by atoms with Crippen molar-refractivity contribution < 1.29 is 13.2 Å². The van der Waals surface area contributed by atoms with Crippen molar-refractivity contribution in [1.29, 1.82) is 0 Å². The number of anilines is 4. The number of sulfone groups is 1. The number of hydrogen-bond acceptors (Lipinski definition) is 8. The molecule has 2 aromatic carbocycles. The smallest absolute Gasteiger partial charge is 0.229 e. The molecule has 1 aliphatic heterocycles. The lowest BCUT2D eigenvalue weighted by atomic mass is 9.98. The average molecular weight is 516 g/mol. The molecule has 0 unspecified atom stereocenters. The van der Waals surface area contributed by atoms with Crippen LogP contribution in [0.1, 0.15) is 31.9 Å². The zero-order valence-electron chi connectivity index (χ0n) is 20.3. The second-order valence-electron chi connectivity index (χ2n) is 8.67. The summed E-state index contributed by atoms with van der Waals surface area (Å²) < 4.78 is 31.3. The Labute approximate surface area is 211 Å². The molecule has 0 saturated heterocycles. The van der Waals surface area contributed by atoms with E-state index >= 15 is 0 Å². The minimum absolute atomic E-state index is 0.191. The quantitative estimate of drug-likeness (QED) is 0.423. The highest BCUT2D eigenvalue weighted by Gasteiger charge is 2.23. The van der Waals surface area contributed by atoms with Crippen molar-refractivity contribution in [2.75, 3.05) is 30.8 Å². The van der Waals surface area contributed by atoms with Crippen molar-refractivity contribution in [3.8, 4) is 5.75 Å². The van der Waals surface area contributed by atoms with E-state index in [4.69, 9.17) is 16.3 Å². The molecule has 8 nitrogen and oxygen atoms in total. The SMILES string of the molecule is CCN1CCc2cc(Nc3ncc(Cl)c(Nc4ccccc4S(=O)(=O)C(C)C)n3)c(OC)cc2C1. The number of ether oxygens (including phenoxy) is 1. The topological polar surface area (TPSA) is 96.5 Å². The first-order chi connectivity index (χ1) is 16.7. The first-order valence-corrected chi connectivity index (χ1v) is 13.5. The Morgan fingerprint density at radius 2 is 1.91 bits per heavy atom. The number of nitrogens with zero attached hydrogens (tertiary/aromatic N) is 3. The number of likely N-dealkylation sites (N-methyl/N-ethyl adjacent to an activating group) is 1. The number of nitrogens with one attached hydrogen (secondary N) is 2. The highest BCUT2D eigenvalue weighted by Crippen LogP contribution is 2.34. The molecule has 186 valence electrons. The lowest BCUT2D eigenvalue weighted by Gasteiger charge is -2.28. The molecule has 0 spiro atoms. The molecule has 0 fully saturated rings. The van der Waals surface area contributed by atoms with Crippen LogP contribution in [0.4, 0.5) is 23.1 Å². The number of fused-ring (bicyclic) bond motifs is 1. The fourth-order valence-corrected chi connectivity index (χ4v) is 5.36. The number of rotatable bonds is 8. The molecular weight excluding hydrogens is 486 g/mol. The van der Waals surface area contributed by atoms with Gasteiger partial charge in [-0.05, 0) is 62.2 Å². The van der Waals surface area contributed by atoms with Crippen LogP contribution in [0.5, 0.6) is 5.75 Å². The summed E-state index contributed by atoms with van der Waals surface area (Å²) in [4.78, 5) is 11.4. The molecule has 2 heterocycles. The van der Waals surface area contributed by atoms with Crippen molar-refractivity contribution in [3.63, 3.8) is 0 Å². The lowest BCUT2D eigenvalue weighted by Crippen LogP contribution is -2.30. The van der Waals surface area contributed by atoms with Crippen molar-refractivity contribution in [1.82, 2.24) is 14.9 Å². The van der Waals surface area contributed by atoms with E-state index in [2.05, 4.69) is 44.6 Å². The van der Waals surface area contributed by atoms with Crippen LogP contribution in [0.15, 0.2) is 47.5 Å². The van der Waals surface area contributed by atoms with E-state index in [-0.39, 0.29) is 9.92 Å². The van der Waals surface area contributed by atoms with Gasteiger partial charge in [0.1, 0.15) is 10.8 Å². The Morgan fingerprint density at radius 3 is 2.63 bits per heavy atom. The highest BCUT2D eigenvalue weighted by molar-refractivity contribution is 7.92. The van der Waals surface area contributed by atoms with Crippen molar-refractivity contribution >= 4 is 44.6 Å². The van der Waals surface area contributed by atoms with E-state index in [0.29, 0.717) is 23.2 Å². The number of methoxy groups -OCH3 is 1. The van der Waals surface area contributed by atoms with E-state index < -0.39 is 15.1 Å². The molecule has 0 saturated carbocycles. The first-order valence-electron chi connectivity index (χ1n) is 11.5. The summed E-state index contributed by atoms with van der Waals surface area (Å²) in [5.74, 6) is 1.31. The molecule has 0 bridgehead atoms. The van der Waals surface area contributed by atoms with Crippen LogP contribution < -0.4 is 15.4 Å². The molecule has 10 heteroatoms. The van der Waals surface area contributed by atoms with Crippen molar-refractivity contribution in [2.45, 2.75) is 43.9 Å². The molecule has 0 amide bonds. The van der Waals surface area contributed by atoms with E-state index in [9.17, 15) is 8.42 Å². The van der Waals surface area contributed by atoms with Crippen LogP contribution in [-0.4, -0.2) is 48.7 Å². The summed E-state index contributed by atoms with van der Waals surface area (Å²) in [5.41, 5.74) is 3.67. The fraction of sp³-hybridized carbons (Fsp3) is 0.360. The zero-order valence-corrected chi connectivity index (χ0v) is 21.9. The molecule has 2 N–H and O–H groups in total. The molecule has 0 radical (unpaired) electrons. The Hall–Kier alpha value is -2.88. The number of halogens is 1. The van der Waals surface area contributed by atoms with Gasteiger partial charge in [-0.25, -0.2) is 13.4 Å². The van der Waals surface area contributed by atoms with Gasteiger partial charge in [0.2, 0.25) is 5.95 Å². The van der Waals surface area contributed by atoms with Crippen molar-refractivity contribution in [2.24, 2.45) is 0 Å². The van der Waals surface area contributed by atoms with E-state index in [0.717, 1.165) is 31.7 Å². The van der Waals surface area contributed by atoms with E-state index in [1.165, 1.54) is 17.3 Å². The molecule has 0 atom stereocenters. The van der Waals surface area contributed by atoms with Gasteiger partial charge in [-0.3, -0.25) is 4.90 Å². The summed E-state index contributed by atoms with van der Waals surface area (Å²) in [5, 5.41) is 6.02. The van der Waals surface area contributed by atoms with Crippen molar-refractivity contribution in [3.05, 3.63) is 58.7 Å². The molecule has 35 heavy (non-hydrogen) atoms. The van der Waals surface area contributed by atoms with Gasteiger partial charge in [0.05, 0.1) is 34.8 Å². The molecule has 3 aromatic rings. The van der Waals surface area contributed by atoms with Crippen LogP contribution in [0.25, 0.3) is 0 Å². The largest absolute Gasteiger partial charge is 0.495 e. The summed E-state index contributed by atoms with van der Waals surface area (Å²) in [6, 6.07) is 10.8. The number of benzene rings is 2. The van der Waals surface area contributed by atoms with E-state index in [1.54, 1.807) is 45.2 Å². The van der Waals surface area contributed by atoms with Gasteiger partial charge in [0, 0.05) is 13.1 Å². The number of aromatic nitrogens is 2. The standard InChI is InChI=1S/C25H30ClN5O3S/c1-5-31-11-10-17-12-21(22(34-4)13-18(17)15-31)29-25-27-14-19(26)24(30-25)28-20-8-6-7-9-23(20)35(32,33)16(2)3/h6-9,12-14,16H,5,10-11,15H2,1-4H3,(H2,27,28,29,30). The third kappa shape index (κ3) is 5.37. The maximum absolute atomic E-state index is 12.8. The third-order valence-electron chi connectivity index (χ3n) is 6.12. The van der Waals surface area contributed by atoms with Crippen LogP contribution in [0.2, 0.25) is 5.02 Å². The normalized spacial score (nSPS) is 14.0. The third-order valence-corrected chi connectivity index (χ3v) is 8.60. The van der Waals surface area contributed by atoms with Crippen LogP contribution in [-0.2, 0) is 22.8 Å². The highest BCUT2D eigenvalue weighted by atomic mass is 35.5. The number of hydrogen-bond donors (Lipinski definition) is 2. The maximum Gasteiger partial charge on any atom is 0.229 e. The first kappa shape index (κ1) is 25.2. The van der Waals surface area contributed by atoms with Gasteiger partial charge >= 0.3 is 0 Å². The Bertz CT molecular complexity index is 1330. The van der Waals surface area contributed by atoms with Gasteiger partial charge in [-0.15, -0.1) is 0 Å². The zero-order chi connectivity index (χ0) is 25.2. The minimum Gasteiger partial charge on any atom is -0.495 e. The Kier molecular flexibility index (Phi) is 7.49. The van der Waals surface area contributed by atoms with Gasteiger partial charge in [0.15, 0.2) is 15.7 Å². The molecule has 1 aliphatic rings. The average Bonchev–Trinajstić information content (AvgIpc) is 2.85. The molecule has 1 aromatic heterocycles. The summed E-state index contributed by atoms with van der Waals surface area (Å²) in [6.07, 6.45) is 2.43. The van der Waals surface area contributed by atoms with Gasteiger partial charge in [-0.1, -0.05) is 30.7 Å². The predicted octanol–water partition coefficient (Wildman–Crippen LogP) is 5.19. The summed E-state index contributed by atoms with van der Waals surface area (Å²) in [6.45, 7) is 8.39. The second kappa shape index (κ2) is 10.4. The molecular formula is C25H30ClN5O3S. The second-order valence-corrected chi connectivity index (χ2v) is 11.5. The van der Waals surface area contributed by atoms with Crippen LogP contribution in [0, 0.1) is 0 Å². The number of para-hydroxylation sites is 1. The van der Waals surface area contributed by atoms with Gasteiger partial charge < -0.3 is 15.4 Å². The van der Waals surface area contributed by atoms with Crippen LogP contribution >= 0.6 is 11.6 Å². The summed E-state index contributed by atoms with van der Waals surface area (Å²) >= 11 is 6.36. The van der Waals surface area contributed by atoms with Crippen LogP contribution in [0.3, 0.4) is 0 Å². The fourth-order valence-electron chi connectivity index (χ4n) is 4.02. The summed E-state index contributed by atoms with van der Waals surface area (Å²) in [7, 11) is -1.87. The Morgan fingerprint density at radius 1 is 1.14 bits per heavy atom. The van der Waals surface area contributed by atoms with E-state index in [1.807, 2.05) is 0 Å². The molecule has 0 aliphatic carbocycles.